The Labute approximate surface area is 78.0 Å². The van der Waals surface area contributed by atoms with E-state index < -0.39 is 23.1 Å². The summed E-state index contributed by atoms with van der Waals surface area (Å²) in [6, 6.07) is 1.93. The second-order valence-corrected chi connectivity index (χ2v) is 2.86. The maximum Gasteiger partial charge on any atom is 0.417 e. The second kappa shape index (κ2) is 3.32. The summed E-state index contributed by atoms with van der Waals surface area (Å²) in [4.78, 5) is 10.3. The number of carbonyl (C=O) groups is 1. The number of aromatic hydroxyl groups is 1. The number of benzene rings is 1. The number of hydrogen-bond acceptors (Lipinski definition) is 2. The number of phenolic OH excluding ortho intramolecular Hbond substituents is 1. The van der Waals surface area contributed by atoms with E-state index in [9.17, 15) is 18.0 Å². The number of aryl methyl sites for hydroxylation is 1. The van der Waals surface area contributed by atoms with Gasteiger partial charge in [0, 0.05) is 0 Å². The Hall–Kier alpha value is -1.52. The van der Waals surface area contributed by atoms with E-state index in [0.717, 1.165) is 12.1 Å². The third kappa shape index (κ3) is 1.86. The molecule has 0 aliphatic carbocycles. The third-order valence-electron chi connectivity index (χ3n) is 1.73. The van der Waals surface area contributed by atoms with Gasteiger partial charge in [0.1, 0.15) is 5.75 Å². The predicted molar refractivity (Wildman–Crippen MR) is 43.2 cm³/mol. The van der Waals surface area contributed by atoms with E-state index in [1.54, 1.807) is 0 Å². The SMILES string of the molecule is Cc1cc(O)c(C=O)c(C(F)(F)F)c1. The van der Waals surface area contributed by atoms with Crippen molar-refractivity contribution in [3.05, 3.63) is 28.8 Å². The minimum atomic E-state index is -4.63. The molecule has 0 aliphatic heterocycles. The summed E-state index contributed by atoms with van der Waals surface area (Å²) in [7, 11) is 0. The van der Waals surface area contributed by atoms with Gasteiger partial charge in [-0.1, -0.05) is 0 Å². The molecule has 0 bridgehead atoms. The van der Waals surface area contributed by atoms with Gasteiger partial charge in [-0.3, -0.25) is 4.79 Å². The van der Waals surface area contributed by atoms with Crippen molar-refractivity contribution in [3.63, 3.8) is 0 Å². The monoisotopic (exact) mass is 204 g/mol. The summed E-state index contributed by atoms with van der Waals surface area (Å²) in [5.74, 6) is -0.646. The lowest BCUT2D eigenvalue weighted by Gasteiger charge is -2.11. The molecular formula is C9H7F3O2. The molecule has 0 aliphatic rings. The van der Waals surface area contributed by atoms with Crippen LogP contribution >= 0.6 is 0 Å². The van der Waals surface area contributed by atoms with Gasteiger partial charge >= 0.3 is 6.18 Å². The number of phenols is 1. The summed E-state index contributed by atoms with van der Waals surface area (Å²) in [5.41, 5.74) is -1.58. The number of alkyl halides is 3. The molecule has 5 heteroatoms. The van der Waals surface area contributed by atoms with Gasteiger partial charge in [0.25, 0.3) is 0 Å². The lowest BCUT2D eigenvalue weighted by atomic mass is 10.0. The maximum absolute atomic E-state index is 12.3. The van der Waals surface area contributed by atoms with Crippen LogP contribution < -0.4 is 0 Å². The molecule has 0 saturated heterocycles. The van der Waals surface area contributed by atoms with E-state index in [0.29, 0.717) is 0 Å². The summed E-state index contributed by atoms with van der Waals surface area (Å²) in [5, 5.41) is 9.10. The lowest BCUT2D eigenvalue weighted by Crippen LogP contribution is -2.09. The van der Waals surface area contributed by atoms with Crippen molar-refractivity contribution in [2.24, 2.45) is 0 Å². The van der Waals surface area contributed by atoms with Crippen molar-refractivity contribution in [1.29, 1.82) is 0 Å². The van der Waals surface area contributed by atoms with Gasteiger partial charge in [0.2, 0.25) is 0 Å². The largest absolute Gasteiger partial charge is 0.507 e. The van der Waals surface area contributed by atoms with Crippen molar-refractivity contribution in [3.8, 4) is 5.75 Å². The van der Waals surface area contributed by atoms with E-state index in [-0.39, 0.29) is 11.8 Å². The Morgan fingerprint density at radius 1 is 1.36 bits per heavy atom. The molecule has 0 aromatic heterocycles. The molecule has 0 atom stereocenters. The zero-order valence-electron chi connectivity index (χ0n) is 7.22. The van der Waals surface area contributed by atoms with Crippen LogP contribution in [0.2, 0.25) is 0 Å². The van der Waals surface area contributed by atoms with Crippen LogP contribution in [-0.4, -0.2) is 11.4 Å². The van der Waals surface area contributed by atoms with Crippen LogP contribution in [0.3, 0.4) is 0 Å². The van der Waals surface area contributed by atoms with Crippen molar-refractivity contribution in [1.82, 2.24) is 0 Å². The number of aldehydes is 1. The molecule has 1 aromatic carbocycles. The first-order valence-electron chi connectivity index (χ1n) is 3.72. The average Bonchev–Trinajstić information content (AvgIpc) is 2.01. The Balaban J connectivity index is 3.48. The van der Waals surface area contributed by atoms with Crippen LogP contribution in [0.1, 0.15) is 21.5 Å². The van der Waals surface area contributed by atoms with Gasteiger partial charge in [0.15, 0.2) is 6.29 Å². The summed E-state index contributed by atoms with van der Waals surface area (Å²) < 4.78 is 37.0. The highest BCUT2D eigenvalue weighted by Gasteiger charge is 2.34. The van der Waals surface area contributed by atoms with E-state index in [2.05, 4.69) is 0 Å². The number of halogens is 3. The molecular weight excluding hydrogens is 197 g/mol. The molecule has 2 nitrogen and oxygen atoms in total. The number of rotatable bonds is 1. The van der Waals surface area contributed by atoms with Gasteiger partial charge < -0.3 is 5.11 Å². The Morgan fingerprint density at radius 3 is 2.36 bits per heavy atom. The van der Waals surface area contributed by atoms with Gasteiger partial charge in [0.05, 0.1) is 11.1 Å². The highest BCUT2D eigenvalue weighted by Crippen LogP contribution is 2.35. The number of carbonyl (C=O) groups excluding carboxylic acids is 1. The van der Waals surface area contributed by atoms with Crippen molar-refractivity contribution < 1.29 is 23.1 Å². The van der Waals surface area contributed by atoms with Gasteiger partial charge in [-0.2, -0.15) is 13.2 Å². The first kappa shape index (κ1) is 10.6. The lowest BCUT2D eigenvalue weighted by molar-refractivity contribution is -0.138. The maximum atomic E-state index is 12.3. The van der Waals surface area contributed by atoms with Gasteiger partial charge in [-0.05, 0) is 24.6 Å². The minimum absolute atomic E-state index is 0.00238. The zero-order valence-corrected chi connectivity index (χ0v) is 7.22. The van der Waals surface area contributed by atoms with E-state index in [4.69, 9.17) is 5.11 Å². The first-order chi connectivity index (χ1) is 6.36. The smallest absolute Gasteiger partial charge is 0.417 e. The van der Waals surface area contributed by atoms with Crippen LogP contribution in [-0.2, 0) is 6.18 Å². The molecule has 0 amide bonds. The molecule has 0 unspecified atom stereocenters. The molecule has 76 valence electrons. The topological polar surface area (TPSA) is 37.3 Å². The van der Waals surface area contributed by atoms with Gasteiger partial charge in [-0.25, -0.2) is 0 Å². The fourth-order valence-electron chi connectivity index (χ4n) is 1.14. The summed E-state index contributed by atoms with van der Waals surface area (Å²) in [6.45, 7) is 1.41. The molecule has 1 N–H and O–H groups in total. The molecule has 1 rings (SSSR count). The van der Waals surface area contributed by atoms with Crippen LogP contribution in [0.4, 0.5) is 13.2 Å². The van der Waals surface area contributed by atoms with Crippen LogP contribution in [0.15, 0.2) is 12.1 Å². The molecule has 0 spiro atoms. The highest BCUT2D eigenvalue weighted by molar-refractivity contribution is 5.82. The normalized spacial score (nSPS) is 11.4. The molecule has 1 aromatic rings. The quantitative estimate of drug-likeness (QED) is 0.713. The molecule has 0 saturated carbocycles. The molecule has 0 heterocycles. The van der Waals surface area contributed by atoms with Crippen LogP contribution in [0.25, 0.3) is 0 Å². The Morgan fingerprint density at radius 2 is 1.93 bits per heavy atom. The van der Waals surface area contributed by atoms with Crippen LogP contribution in [0, 0.1) is 6.92 Å². The van der Waals surface area contributed by atoms with Crippen molar-refractivity contribution in [2.75, 3.05) is 0 Å². The standard InChI is InChI=1S/C9H7F3O2/c1-5-2-7(9(10,11)12)6(4-13)8(14)3-5/h2-4,14H,1H3. The molecule has 0 radical (unpaired) electrons. The second-order valence-electron chi connectivity index (χ2n) is 2.86. The summed E-state index contributed by atoms with van der Waals surface area (Å²) >= 11 is 0. The van der Waals surface area contributed by atoms with Gasteiger partial charge in [-0.15, -0.1) is 0 Å². The Kier molecular flexibility index (Phi) is 2.51. The molecule has 0 fully saturated rings. The number of hydrogen-bond donors (Lipinski definition) is 1. The summed E-state index contributed by atoms with van der Waals surface area (Å²) in [6.07, 6.45) is -4.63. The predicted octanol–water partition coefficient (Wildman–Crippen LogP) is 2.53. The minimum Gasteiger partial charge on any atom is -0.507 e. The average molecular weight is 204 g/mol. The molecule has 14 heavy (non-hydrogen) atoms. The highest BCUT2D eigenvalue weighted by atomic mass is 19.4. The van der Waals surface area contributed by atoms with E-state index in [1.807, 2.05) is 0 Å². The first-order valence-corrected chi connectivity index (χ1v) is 3.72. The third-order valence-corrected chi connectivity index (χ3v) is 1.73. The van der Waals surface area contributed by atoms with Crippen LogP contribution in [0.5, 0.6) is 5.75 Å². The van der Waals surface area contributed by atoms with Crippen molar-refractivity contribution in [2.45, 2.75) is 13.1 Å². The van der Waals surface area contributed by atoms with Crippen molar-refractivity contribution >= 4 is 6.29 Å². The van der Waals surface area contributed by atoms with E-state index in [1.165, 1.54) is 6.92 Å². The zero-order chi connectivity index (χ0) is 10.9. The fourth-order valence-corrected chi connectivity index (χ4v) is 1.14. The fraction of sp³-hybridized carbons (Fsp3) is 0.222. The van der Waals surface area contributed by atoms with E-state index >= 15 is 0 Å². The Bertz CT molecular complexity index is 369.